The Morgan fingerprint density at radius 1 is 1.25 bits per heavy atom. The average Bonchev–Trinajstić information content (AvgIpc) is 2.62. The predicted octanol–water partition coefficient (Wildman–Crippen LogP) is 0.620. The van der Waals surface area contributed by atoms with E-state index in [0.717, 1.165) is 19.5 Å². The van der Waals surface area contributed by atoms with Gasteiger partial charge in [0.2, 0.25) is 5.91 Å². The second-order valence-electron chi connectivity index (χ2n) is 5.29. The summed E-state index contributed by atoms with van der Waals surface area (Å²) in [6, 6.07) is 0.792. The molecule has 4 unspecified atom stereocenters. The molecule has 16 heavy (non-hydrogen) atoms. The van der Waals surface area contributed by atoms with Gasteiger partial charge in [0.15, 0.2) is 0 Å². The quantitative estimate of drug-likeness (QED) is 0.712. The van der Waals surface area contributed by atoms with Crippen molar-refractivity contribution in [2.75, 3.05) is 19.7 Å². The van der Waals surface area contributed by atoms with Crippen molar-refractivity contribution in [2.24, 2.45) is 5.92 Å². The molecule has 1 amide bonds. The highest BCUT2D eigenvalue weighted by atomic mass is 16.5. The minimum absolute atomic E-state index is 0.0903. The largest absolute Gasteiger partial charge is 0.378 e. The summed E-state index contributed by atoms with van der Waals surface area (Å²) in [5.41, 5.74) is 0. The van der Waals surface area contributed by atoms with Crippen molar-refractivity contribution < 1.29 is 9.53 Å². The minimum Gasteiger partial charge on any atom is -0.378 e. The molecule has 92 valence electrons. The highest BCUT2D eigenvalue weighted by Crippen LogP contribution is 2.22. The van der Waals surface area contributed by atoms with E-state index in [9.17, 15) is 4.79 Å². The molecule has 4 atom stereocenters. The monoisotopic (exact) mass is 226 g/mol. The molecule has 2 fully saturated rings. The van der Waals surface area contributed by atoms with Crippen LogP contribution in [0.25, 0.3) is 0 Å². The summed E-state index contributed by atoms with van der Waals surface area (Å²) >= 11 is 0. The van der Waals surface area contributed by atoms with Crippen LogP contribution in [-0.4, -0.2) is 48.7 Å². The molecule has 2 aliphatic heterocycles. The number of nitrogens with zero attached hydrogens (tertiary/aromatic N) is 1. The molecule has 0 saturated carbocycles. The van der Waals surface area contributed by atoms with Gasteiger partial charge >= 0.3 is 0 Å². The maximum absolute atomic E-state index is 12.3. The second kappa shape index (κ2) is 4.72. The van der Waals surface area contributed by atoms with Crippen LogP contribution in [0, 0.1) is 5.92 Å². The van der Waals surface area contributed by atoms with Crippen LogP contribution in [0.5, 0.6) is 0 Å². The summed E-state index contributed by atoms with van der Waals surface area (Å²) in [4.78, 5) is 14.3. The first-order chi connectivity index (χ1) is 7.56. The van der Waals surface area contributed by atoms with Gasteiger partial charge in [0.25, 0.3) is 0 Å². The van der Waals surface area contributed by atoms with E-state index < -0.39 is 0 Å². The topological polar surface area (TPSA) is 41.6 Å². The Kier molecular flexibility index (Phi) is 3.50. The lowest BCUT2D eigenvalue weighted by Crippen LogP contribution is -2.57. The van der Waals surface area contributed by atoms with Crippen LogP contribution in [0.15, 0.2) is 0 Å². The molecule has 0 aliphatic carbocycles. The van der Waals surface area contributed by atoms with E-state index in [-0.39, 0.29) is 17.9 Å². The zero-order valence-corrected chi connectivity index (χ0v) is 10.4. The first-order valence-electron chi connectivity index (χ1n) is 6.22. The van der Waals surface area contributed by atoms with Gasteiger partial charge in [0.1, 0.15) is 0 Å². The van der Waals surface area contributed by atoms with Crippen LogP contribution in [0.2, 0.25) is 0 Å². The molecule has 4 heteroatoms. The zero-order valence-electron chi connectivity index (χ0n) is 10.4. The van der Waals surface area contributed by atoms with Gasteiger partial charge < -0.3 is 15.0 Å². The SMILES string of the molecule is CC1CN(C(=O)C2COC(C)C2)CC(C)N1. The maximum Gasteiger partial charge on any atom is 0.228 e. The summed E-state index contributed by atoms with van der Waals surface area (Å²) in [5, 5.41) is 3.44. The highest BCUT2D eigenvalue weighted by Gasteiger charge is 2.34. The van der Waals surface area contributed by atoms with Crippen LogP contribution < -0.4 is 5.32 Å². The number of hydrogen-bond acceptors (Lipinski definition) is 3. The van der Waals surface area contributed by atoms with Gasteiger partial charge in [-0.25, -0.2) is 0 Å². The molecule has 2 rings (SSSR count). The van der Waals surface area contributed by atoms with Gasteiger partial charge in [-0.05, 0) is 27.2 Å². The van der Waals surface area contributed by atoms with Crippen molar-refractivity contribution >= 4 is 5.91 Å². The summed E-state index contributed by atoms with van der Waals surface area (Å²) in [6.07, 6.45) is 1.12. The predicted molar refractivity (Wildman–Crippen MR) is 62.2 cm³/mol. The molecule has 2 heterocycles. The van der Waals surface area contributed by atoms with Crippen molar-refractivity contribution in [2.45, 2.75) is 45.4 Å². The van der Waals surface area contributed by atoms with Gasteiger partial charge in [-0.3, -0.25) is 4.79 Å². The Hall–Kier alpha value is -0.610. The van der Waals surface area contributed by atoms with Crippen molar-refractivity contribution in [1.82, 2.24) is 10.2 Å². The van der Waals surface area contributed by atoms with E-state index in [1.54, 1.807) is 0 Å². The number of amides is 1. The lowest BCUT2D eigenvalue weighted by molar-refractivity contribution is -0.137. The van der Waals surface area contributed by atoms with E-state index >= 15 is 0 Å². The minimum atomic E-state index is 0.0903. The molecule has 1 N–H and O–H groups in total. The van der Waals surface area contributed by atoms with Crippen molar-refractivity contribution in [3.63, 3.8) is 0 Å². The van der Waals surface area contributed by atoms with E-state index in [1.807, 2.05) is 11.8 Å². The number of ether oxygens (including phenoxy) is 1. The van der Waals surface area contributed by atoms with Crippen LogP contribution in [0.4, 0.5) is 0 Å². The molecule has 0 aromatic heterocycles. The molecule has 0 aromatic rings. The summed E-state index contributed by atoms with van der Waals surface area (Å²) in [5.74, 6) is 0.372. The fourth-order valence-electron chi connectivity index (χ4n) is 2.75. The van der Waals surface area contributed by atoms with Crippen LogP contribution in [0.3, 0.4) is 0 Å². The van der Waals surface area contributed by atoms with Crippen LogP contribution in [-0.2, 0) is 9.53 Å². The number of carbonyl (C=O) groups excluding carboxylic acids is 1. The molecule has 4 nitrogen and oxygen atoms in total. The molecule has 0 aromatic carbocycles. The molecule has 0 radical (unpaired) electrons. The Morgan fingerprint density at radius 2 is 1.88 bits per heavy atom. The fraction of sp³-hybridized carbons (Fsp3) is 0.917. The third-order valence-electron chi connectivity index (χ3n) is 3.42. The molecule has 0 spiro atoms. The van der Waals surface area contributed by atoms with E-state index in [2.05, 4.69) is 19.2 Å². The van der Waals surface area contributed by atoms with E-state index in [1.165, 1.54) is 0 Å². The smallest absolute Gasteiger partial charge is 0.228 e. The van der Waals surface area contributed by atoms with E-state index in [4.69, 9.17) is 4.74 Å². The number of rotatable bonds is 1. The highest BCUT2D eigenvalue weighted by molar-refractivity contribution is 5.79. The third kappa shape index (κ3) is 2.55. The lowest BCUT2D eigenvalue weighted by atomic mass is 10.0. The number of carbonyl (C=O) groups is 1. The van der Waals surface area contributed by atoms with Gasteiger partial charge in [-0.2, -0.15) is 0 Å². The summed E-state index contributed by atoms with van der Waals surface area (Å²) < 4.78 is 5.47. The Morgan fingerprint density at radius 3 is 2.38 bits per heavy atom. The fourth-order valence-corrected chi connectivity index (χ4v) is 2.75. The van der Waals surface area contributed by atoms with E-state index in [0.29, 0.717) is 18.7 Å². The Labute approximate surface area is 97.3 Å². The molecular formula is C12H22N2O2. The molecule has 2 saturated heterocycles. The summed E-state index contributed by atoms with van der Waals surface area (Å²) in [6.45, 7) is 8.55. The molecular weight excluding hydrogens is 204 g/mol. The average molecular weight is 226 g/mol. The van der Waals surface area contributed by atoms with Crippen molar-refractivity contribution in [3.05, 3.63) is 0 Å². The number of hydrogen-bond donors (Lipinski definition) is 1. The Balaban J connectivity index is 1.93. The van der Waals surface area contributed by atoms with Crippen molar-refractivity contribution in [1.29, 1.82) is 0 Å². The molecule has 0 bridgehead atoms. The molecule has 2 aliphatic rings. The normalized spacial score (nSPS) is 40.1. The summed E-state index contributed by atoms with van der Waals surface area (Å²) in [7, 11) is 0. The Bertz CT molecular complexity index is 260. The maximum atomic E-state index is 12.3. The lowest BCUT2D eigenvalue weighted by Gasteiger charge is -2.37. The zero-order chi connectivity index (χ0) is 11.7. The first kappa shape index (κ1) is 11.9. The van der Waals surface area contributed by atoms with Crippen LogP contribution in [0.1, 0.15) is 27.2 Å². The van der Waals surface area contributed by atoms with Gasteiger partial charge in [0.05, 0.1) is 18.6 Å². The van der Waals surface area contributed by atoms with Gasteiger partial charge in [-0.15, -0.1) is 0 Å². The number of piperazine rings is 1. The van der Waals surface area contributed by atoms with Crippen molar-refractivity contribution in [3.8, 4) is 0 Å². The van der Waals surface area contributed by atoms with Gasteiger partial charge in [0, 0.05) is 25.2 Å². The third-order valence-corrected chi connectivity index (χ3v) is 3.42. The second-order valence-corrected chi connectivity index (χ2v) is 5.29. The standard InChI is InChI=1S/C12H22N2O2/c1-8-5-14(6-9(2)13-8)12(15)11-4-10(3)16-7-11/h8-11,13H,4-7H2,1-3H3. The van der Waals surface area contributed by atoms with Gasteiger partial charge in [-0.1, -0.05) is 0 Å². The van der Waals surface area contributed by atoms with Crippen LogP contribution >= 0.6 is 0 Å². The first-order valence-corrected chi connectivity index (χ1v) is 6.22. The number of nitrogens with one attached hydrogen (secondary N) is 1.